The van der Waals surface area contributed by atoms with Crippen molar-refractivity contribution in [2.75, 3.05) is 6.54 Å². The molecule has 1 aromatic heterocycles. The van der Waals surface area contributed by atoms with Crippen LogP contribution in [-0.4, -0.2) is 11.5 Å². The summed E-state index contributed by atoms with van der Waals surface area (Å²) in [5.41, 5.74) is 3.34. The molecule has 100 valence electrons. The van der Waals surface area contributed by atoms with Crippen LogP contribution in [0, 0.1) is 6.92 Å². The minimum absolute atomic E-state index is 0.554. The Bertz CT molecular complexity index is 511. The molecule has 2 rings (SSSR count). The molecule has 0 saturated heterocycles. The Kier molecular flexibility index (Phi) is 4.93. The quantitative estimate of drug-likeness (QED) is 0.862. The van der Waals surface area contributed by atoms with E-state index in [9.17, 15) is 0 Å². The topological polar surface area (TPSA) is 34.2 Å². The van der Waals surface area contributed by atoms with Crippen LogP contribution in [0.3, 0.4) is 0 Å². The van der Waals surface area contributed by atoms with Gasteiger partial charge in [-0.05, 0) is 30.7 Å². The van der Waals surface area contributed by atoms with Gasteiger partial charge in [-0.15, -0.1) is 0 Å². The summed E-state index contributed by atoms with van der Waals surface area (Å²) in [6, 6.07) is 14.2. The number of hydrogen-bond acceptors (Lipinski definition) is 3. The van der Waals surface area contributed by atoms with Crippen LogP contribution in [-0.2, 0) is 13.2 Å². The van der Waals surface area contributed by atoms with Crippen molar-refractivity contribution in [2.45, 2.75) is 27.0 Å². The van der Waals surface area contributed by atoms with E-state index < -0.39 is 0 Å². The molecule has 0 amide bonds. The van der Waals surface area contributed by atoms with Crippen molar-refractivity contribution >= 4 is 0 Å². The predicted octanol–water partition coefficient (Wildman–Crippen LogP) is 3.08. The average molecular weight is 256 g/mol. The van der Waals surface area contributed by atoms with Gasteiger partial charge in [0.1, 0.15) is 6.61 Å². The highest BCUT2D eigenvalue weighted by Gasteiger charge is 2.02. The number of nitrogens with zero attached hydrogens (tertiary/aromatic N) is 1. The zero-order chi connectivity index (χ0) is 13.5. The lowest BCUT2D eigenvalue weighted by atomic mass is 10.2. The second-order valence-electron chi connectivity index (χ2n) is 4.51. The second-order valence-corrected chi connectivity index (χ2v) is 4.51. The molecule has 2 aromatic rings. The Morgan fingerprint density at radius 3 is 2.63 bits per heavy atom. The van der Waals surface area contributed by atoms with E-state index in [1.54, 1.807) is 0 Å². The van der Waals surface area contributed by atoms with Crippen molar-refractivity contribution in [1.82, 2.24) is 10.3 Å². The maximum atomic E-state index is 5.75. The number of benzene rings is 1. The highest BCUT2D eigenvalue weighted by atomic mass is 16.5. The van der Waals surface area contributed by atoms with E-state index in [1.807, 2.05) is 31.2 Å². The molecule has 0 saturated carbocycles. The lowest BCUT2D eigenvalue weighted by Crippen LogP contribution is -2.12. The van der Waals surface area contributed by atoms with Crippen LogP contribution in [0.15, 0.2) is 42.5 Å². The second kappa shape index (κ2) is 6.90. The van der Waals surface area contributed by atoms with Crippen LogP contribution in [0.5, 0.6) is 5.88 Å². The highest BCUT2D eigenvalue weighted by molar-refractivity contribution is 5.25. The summed E-state index contributed by atoms with van der Waals surface area (Å²) < 4.78 is 5.75. The molecule has 0 bridgehead atoms. The Morgan fingerprint density at radius 2 is 1.89 bits per heavy atom. The zero-order valence-electron chi connectivity index (χ0n) is 11.5. The average Bonchev–Trinajstić information content (AvgIpc) is 2.43. The number of pyridine rings is 1. The minimum atomic E-state index is 0.554. The van der Waals surface area contributed by atoms with Gasteiger partial charge in [-0.2, -0.15) is 0 Å². The third-order valence-corrected chi connectivity index (χ3v) is 2.80. The lowest BCUT2D eigenvalue weighted by molar-refractivity contribution is 0.293. The molecule has 0 atom stereocenters. The smallest absolute Gasteiger partial charge is 0.214 e. The summed E-state index contributed by atoms with van der Waals surface area (Å²) >= 11 is 0. The van der Waals surface area contributed by atoms with E-state index in [4.69, 9.17) is 4.74 Å². The third-order valence-electron chi connectivity index (χ3n) is 2.80. The molecule has 0 spiro atoms. The van der Waals surface area contributed by atoms with Gasteiger partial charge in [-0.1, -0.05) is 37.3 Å². The van der Waals surface area contributed by atoms with Gasteiger partial charge in [0.25, 0.3) is 0 Å². The van der Waals surface area contributed by atoms with Gasteiger partial charge in [0, 0.05) is 18.3 Å². The molecule has 19 heavy (non-hydrogen) atoms. The molecule has 0 unspecified atom stereocenters. The van der Waals surface area contributed by atoms with Gasteiger partial charge in [-0.3, -0.25) is 0 Å². The number of rotatable bonds is 6. The summed E-state index contributed by atoms with van der Waals surface area (Å²) in [6.45, 7) is 6.45. The van der Waals surface area contributed by atoms with Crippen LogP contribution in [0.1, 0.15) is 23.7 Å². The molecule has 1 heterocycles. The fourth-order valence-electron chi connectivity index (χ4n) is 1.88. The van der Waals surface area contributed by atoms with E-state index in [0.29, 0.717) is 12.5 Å². The van der Waals surface area contributed by atoms with E-state index in [2.05, 4.69) is 35.4 Å². The molecule has 1 aromatic carbocycles. The van der Waals surface area contributed by atoms with Crippen molar-refractivity contribution in [3.63, 3.8) is 0 Å². The molecule has 0 aliphatic heterocycles. The molecular weight excluding hydrogens is 236 g/mol. The van der Waals surface area contributed by atoms with Gasteiger partial charge < -0.3 is 10.1 Å². The van der Waals surface area contributed by atoms with Crippen LogP contribution in [0.4, 0.5) is 0 Å². The van der Waals surface area contributed by atoms with Gasteiger partial charge in [0.2, 0.25) is 5.88 Å². The summed E-state index contributed by atoms with van der Waals surface area (Å²) in [5.74, 6) is 0.691. The molecule has 0 radical (unpaired) electrons. The van der Waals surface area contributed by atoms with E-state index >= 15 is 0 Å². The van der Waals surface area contributed by atoms with Gasteiger partial charge in [0.05, 0.1) is 0 Å². The fourth-order valence-corrected chi connectivity index (χ4v) is 1.88. The van der Waals surface area contributed by atoms with Crippen LogP contribution >= 0.6 is 0 Å². The third kappa shape index (κ3) is 4.38. The Balaban J connectivity index is 2.01. The molecule has 0 aliphatic rings. The first kappa shape index (κ1) is 13.6. The van der Waals surface area contributed by atoms with Crippen molar-refractivity contribution in [1.29, 1.82) is 0 Å². The molecule has 3 heteroatoms. The number of aromatic nitrogens is 1. The molecule has 1 N–H and O–H groups in total. The first-order valence-corrected chi connectivity index (χ1v) is 6.63. The minimum Gasteiger partial charge on any atom is -0.473 e. The van der Waals surface area contributed by atoms with E-state index in [0.717, 1.165) is 24.3 Å². The van der Waals surface area contributed by atoms with Crippen LogP contribution < -0.4 is 10.1 Å². The first-order chi connectivity index (χ1) is 9.28. The lowest BCUT2D eigenvalue weighted by Gasteiger charge is -2.09. The standard InChI is InChI=1S/C16H20N2O/c1-3-17-11-15-9-13(2)18-16(10-15)19-12-14-7-5-4-6-8-14/h4-10,17H,3,11-12H2,1-2H3. The SMILES string of the molecule is CCNCc1cc(C)nc(OCc2ccccc2)c1. The zero-order valence-corrected chi connectivity index (χ0v) is 11.5. The monoisotopic (exact) mass is 256 g/mol. The largest absolute Gasteiger partial charge is 0.473 e. The van der Waals surface area contributed by atoms with E-state index in [1.165, 1.54) is 5.56 Å². The normalized spacial score (nSPS) is 10.4. The number of nitrogens with one attached hydrogen (secondary N) is 1. The van der Waals surface area contributed by atoms with Gasteiger partial charge >= 0.3 is 0 Å². The summed E-state index contributed by atoms with van der Waals surface area (Å²) in [6.07, 6.45) is 0. The maximum absolute atomic E-state index is 5.75. The van der Waals surface area contributed by atoms with Crippen molar-refractivity contribution in [3.05, 3.63) is 59.3 Å². The Hall–Kier alpha value is -1.87. The molecule has 0 fully saturated rings. The van der Waals surface area contributed by atoms with Crippen molar-refractivity contribution in [2.24, 2.45) is 0 Å². The molecule has 0 aliphatic carbocycles. The fraction of sp³-hybridized carbons (Fsp3) is 0.312. The first-order valence-electron chi connectivity index (χ1n) is 6.63. The van der Waals surface area contributed by atoms with Gasteiger partial charge in [0.15, 0.2) is 0 Å². The summed E-state index contributed by atoms with van der Waals surface area (Å²) in [4.78, 5) is 4.41. The predicted molar refractivity (Wildman–Crippen MR) is 77.1 cm³/mol. The number of aryl methyl sites for hydroxylation is 1. The Labute approximate surface area is 114 Å². The Morgan fingerprint density at radius 1 is 1.11 bits per heavy atom. The number of hydrogen-bond donors (Lipinski definition) is 1. The summed E-state index contributed by atoms with van der Waals surface area (Å²) in [7, 11) is 0. The van der Waals surface area contributed by atoms with Crippen molar-refractivity contribution < 1.29 is 4.74 Å². The van der Waals surface area contributed by atoms with E-state index in [-0.39, 0.29) is 0 Å². The molecular formula is C16H20N2O. The number of ether oxygens (including phenoxy) is 1. The van der Waals surface area contributed by atoms with Gasteiger partial charge in [-0.25, -0.2) is 4.98 Å². The highest BCUT2D eigenvalue weighted by Crippen LogP contribution is 2.14. The summed E-state index contributed by atoms with van der Waals surface area (Å²) in [5, 5.41) is 3.31. The maximum Gasteiger partial charge on any atom is 0.214 e. The van der Waals surface area contributed by atoms with Crippen LogP contribution in [0.2, 0.25) is 0 Å². The van der Waals surface area contributed by atoms with Crippen molar-refractivity contribution in [3.8, 4) is 5.88 Å². The van der Waals surface area contributed by atoms with Crippen LogP contribution in [0.25, 0.3) is 0 Å². The molecule has 3 nitrogen and oxygen atoms in total.